The molecule has 13 heavy (non-hydrogen) atoms. The van der Waals surface area contributed by atoms with Crippen molar-refractivity contribution in [3.63, 3.8) is 0 Å². The van der Waals surface area contributed by atoms with Crippen LogP contribution in [0.25, 0.3) is 0 Å². The zero-order valence-corrected chi connectivity index (χ0v) is 8.89. The summed E-state index contributed by atoms with van der Waals surface area (Å²) in [5.41, 5.74) is -0.362. The van der Waals surface area contributed by atoms with E-state index in [-0.39, 0.29) is 17.5 Å². The van der Waals surface area contributed by atoms with Crippen LogP contribution in [0.5, 0.6) is 0 Å². The predicted molar refractivity (Wildman–Crippen MR) is 51.4 cm³/mol. The highest BCUT2D eigenvalue weighted by molar-refractivity contribution is 5.73. The van der Waals surface area contributed by atoms with Gasteiger partial charge >= 0.3 is 5.97 Å². The van der Waals surface area contributed by atoms with Gasteiger partial charge in [0.2, 0.25) is 0 Å². The van der Waals surface area contributed by atoms with Crippen LogP contribution in [0.15, 0.2) is 0 Å². The summed E-state index contributed by atoms with van der Waals surface area (Å²) in [5, 5.41) is 3.19. The van der Waals surface area contributed by atoms with E-state index in [0.717, 1.165) is 13.1 Å². The Morgan fingerprint density at radius 1 is 1.38 bits per heavy atom. The molecule has 3 nitrogen and oxygen atoms in total. The Morgan fingerprint density at radius 3 is 2.38 bits per heavy atom. The molecule has 1 N–H and O–H groups in total. The van der Waals surface area contributed by atoms with Crippen LogP contribution in [0.1, 0.15) is 27.7 Å². The topological polar surface area (TPSA) is 38.3 Å². The van der Waals surface area contributed by atoms with Gasteiger partial charge in [0.15, 0.2) is 0 Å². The van der Waals surface area contributed by atoms with Gasteiger partial charge in [-0.25, -0.2) is 0 Å². The van der Waals surface area contributed by atoms with E-state index < -0.39 is 0 Å². The molecule has 0 spiro atoms. The van der Waals surface area contributed by atoms with Crippen molar-refractivity contribution >= 4 is 5.97 Å². The number of hydrogen-bond donors (Lipinski definition) is 1. The van der Waals surface area contributed by atoms with Gasteiger partial charge in [0, 0.05) is 6.54 Å². The van der Waals surface area contributed by atoms with E-state index in [4.69, 9.17) is 4.74 Å². The normalized spacial score (nSPS) is 28.9. The molecule has 1 aliphatic rings. The molecular weight excluding hydrogens is 166 g/mol. The fourth-order valence-corrected chi connectivity index (χ4v) is 1.50. The van der Waals surface area contributed by atoms with Gasteiger partial charge in [0.05, 0.1) is 5.92 Å². The van der Waals surface area contributed by atoms with Crippen molar-refractivity contribution in [2.24, 2.45) is 11.8 Å². The maximum Gasteiger partial charge on any atom is 0.311 e. The summed E-state index contributed by atoms with van der Waals surface area (Å²) in [6, 6.07) is 0. The van der Waals surface area contributed by atoms with E-state index >= 15 is 0 Å². The van der Waals surface area contributed by atoms with Crippen LogP contribution in [-0.4, -0.2) is 24.7 Å². The zero-order chi connectivity index (χ0) is 10.1. The van der Waals surface area contributed by atoms with Gasteiger partial charge < -0.3 is 10.1 Å². The summed E-state index contributed by atoms with van der Waals surface area (Å²) >= 11 is 0. The second-order valence-electron chi connectivity index (χ2n) is 4.78. The first kappa shape index (κ1) is 10.5. The second-order valence-corrected chi connectivity index (χ2v) is 4.78. The fourth-order valence-electron chi connectivity index (χ4n) is 1.50. The standard InChI is InChI=1S/C10H19NO2/c1-7-5-11-6-8(7)9(12)13-10(2,3)4/h7-8,11H,5-6H2,1-4H3. The third kappa shape index (κ3) is 2.99. The summed E-state index contributed by atoms with van der Waals surface area (Å²) in [7, 11) is 0. The Balaban J connectivity index is 2.48. The minimum Gasteiger partial charge on any atom is -0.460 e. The van der Waals surface area contributed by atoms with Gasteiger partial charge in [-0.1, -0.05) is 6.92 Å². The van der Waals surface area contributed by atoms with Crippen molar-refractivity contribution in [3.05, 3.63) is 0 Å². The van der Waals surface area contributed by atoms with Gasteiger partial charge in [-0.15, -0.1) is 0 Å². The van der Waals surface area contributed by atoms with Crippen LogP contribution in [-0.2, 0) is 9.53 Å². The lowest BCUT2D eigenvalue weighted by Crippen LogP contribution is -2.31. The first-order valence-electron chi connectivity index (χ1n) is 4.84. The van der Waals surface area contributed by atoms with E-state index in [0.29, 0.717) is 5.92 Å². The minimum atomic E-state index is -0.362. The van der Waals surface area contributed by atoms with Crippen LogP contribution < -0.4 is 5.32 Å². The summed E-state index contributed by atoms with van der Waals surface area (Å²) in [6.45, 7) is 9.46. The molecule has 1 heterocycles. The molecule has 0 aromatic carbocycles. The minimum absolute atomic E-state index is 0.0409. The van der Waals surface area contributed by atoms with Crippen molar-refractivity contribution in [3.8, 4) is 0 Å². The average Bonchev–Trinajstić information content (AvgIpc) is 2.30. The van der Waals surface area contributed by atoms with E-state index in [1.165, 1.54) is 0 Å². The fraction of sp³-hybridized carbons (Fsp3) is 0.900. The third-order valence-electron chi connectivity index (χ3n) is 2.23. The molecular formula is C10H19NO2. The molecule has 1 rings (SSSR count). The Morgan fingerprint density at radius 2 is 2.00 bits per heavy atom. The number of esters is 1. The molecule has 0 saturated carbocycles. The molecule has 0 aromatic rings. The first-order valence-corrected chi connectivity index (χ1v) is 4.84. The van der Waals surface area contributed by atoms with E-state index in [1.807, 2.05) is 20.8 Å². The summed E-state index contributed by atoms with van der Waals surface area (Å²) in [6.07, 6.45) is 0. The third-order valence-corrected chi connectivity index (χ3v) is 2.23. The lowest BCUT2D eigenvalue weighted by Gasteiger charge is -2.23. The molecule has 0 amide bonds. The van der Waals surface area contributed by atoms with E-state index in [9.17, 15) is 4.79 Å². The Kier molecular flexibility index (Phi) is 2.96. The van der Waals surface area contributed by atoms with E-state index in [2.05, 4.69) is 12.2 Å². The van der Waals surface area contributed by atoms with Crippen LogP contribution in [0.4, 0.5) is 0 Å². The van der Waals surface area contributed by atoms with Crippen molar-refractivity contribution in [2.75, 3.05) is 13.1 Å². The van der Waals surface area contributed by atoms with Crippen molar-refractivity contribution in [2.45, 2.75) is 33.3 Å². The number of carbonyl (C=O) groups is 1. The molecule has 0 bridgehead atoms. The highest BCUT2D eigenvalue weighted by atomic mass is 16.6. The molecule has 1 fully saturated rings. The van der Waals surface area contributed by atoms with Crippen LogP contribution in [0, 0.1) is 11.8 Å². The molecule has 0 radical (unpaired) electrons. The molecule has 3 heteroatoms. The van der Waals surface area contributed by atoms with Gasteiger partial charge in [-0.3, -0.25) is 4.79 Å². The van der Waals surface area contributed by atoms with Gasteiger partial charge in [-0.05, 0) is 33.2 Å². The lowest BCUT2D eigenvalue weighted by atomic mass is 9.98. The molecule has 2 atom stereocenters. The number of ether oxygens (including phenoxy) is 1. The van der Waals surface area contributed by atoms with Crippen LogP contribution >= 0.6 is 0 Å². The SMILES string of the molecule is CC1CNCC1C(=O)OC(C)(C)C. The number of rotatable bonds is 1. The van der Waals surface area contributed by atoms with Crippen molar-refractivity contribution in [1.29, 1.82) is 0 Å². The van der Waals surface area contributed by atoms with Crippen LogP contribution in [0.3, 0.4) is 0 Å². The van der Waals surface area contributed by atoms with Crippen molar-refractivity contribution in [1.82, 2.24) is 5.32 Å². The molecule has 2 unspecified atom stereocenters. The summed E-state index contributed by atoms with van der Waals surface area (Å²) in [4.78, 5) is 11.6. The average molecular weight is 185 g/mol. The van der Waals surface area contributed by atoms with E-state index in [1.54, 1.807) is 0 Å². The largest absolute Gasteiger partial charge is 0.460 e. The molecule has 0 aromatic heterocycles. The molecule has 1 aliphatic heterocycles. The maximum atomic E-state index is 11.6. The zero-order valence-electron chi connectivity index (χ0n) is 8.89. The number of carbonyl (C=O) groups excluding carboxylic acids is 1. The van der Waals surface area contributed by atoms with Gasteiger partial charge in [0.1, 0.15) is 5.60 Å². The smallest absolute Gasteiger partial charge is 0.311 e. The summed E-state index contributed by atoms with van der Waals surface area (Å²) in [5.74, 6) is 0.374. The second kappa shape index (κ2) is 3.66. The number of hydrogen-bond acceptors (Lipinski definition) is 3. The highest BCUT2D eigenvalue weighted by Gasteiger charge is 2.32. The van der Waals surface area contributed by atoms with Gasteiger partial charge in [-0.2, -0.15) is 0 Å². The van der Waals surface area contributed by atoms with Crippen LogP contribution in [0.2, 0.25) is 0 Å². The highest BCUT2D eigenvalue weighted by Crippen LogP contribution is 2.20. The Bertz CT molecular complexity index is 196. The lowest BCUT2D eigenvalue weighted by molar-refractivity contribution is -0.160. The molecule has 1 saturated heterocycles. The quantitative estimate of drug-likeness (QED) is 0.623. The monoisotopic (exact) mass is 185 g/mol. The Labute approximate surface area is 79.8 Å². The summed E-state index contributed by atoms with van der Waals surface area (Å²) < 4.78 is 5.31. The molecule has 76 valence electrons. The maximum absolute atomic E-state index is 11.6. The number of nitrogens with one attached hydrogen (secondary N) is 1. The first-order chi connectivity index (χ1) is 5.90. The van der Waals surface area contributed by atoms with Crippen molar-refractivity contribution < 1.29 is 9.53 Å². The predicted octanol–water partition coefficient (Wildman–Crippen LogP) is 1.18. The Hall–Kier alpha value is -0.570. The molecule has 0 aliphatic carbocycles. The van der Waals surface area contributed by atoms with Gasteiger partial charge in [0.25, 0.3) is 0 Å².